The van der Waals surface area contributed by atoms with Gasteiger partial charge in [-0.2, -0.15) is 9.83 Å². The number of nitrogens with zero attached hydrogens (tertiary/aromatic N) is 2. The molecule has 3 heteroatoms. The van der Waals surface area contributed by atoms with Gasteiger partial charge in [0.1, 0.15) is 18.2 Å². The van der Waals surface area contributed by atoms with Crippen LogP contribution in [-0.4, -0.2) is 0 Å². The summed E-state index contributed by atoms with van der Waals surface area (Å²) in [5.41, 5.74) is 0.832. The molecule has 0 aliphatic heterocycles. The summed E-state index contributed by atoms with van der Waals surface area (Å²) in [7, 11) is 1.50. The zero-order valence-corrected chi connectivity index (χ0v) is 15.7. The average Bonchev–Trinajstić information content (AvgIpc) is 3.15. The van der Waals surface area contributed by atoms with Crippen molar-refractivity contribution >= 4 is 21.9 Å². The van der Waals surface area contributed by atoms with Crippen LogP contribution in [0.15, 0.2) is 40.8 Å². The highest BCUT2D eigenvalue weighted by atomic mass is 16.3. The second kappa shape index (κ2) is 6.49. The van der Waals surface area contributed by atoms with Crippen LogP contribution in [0, 0.1) is 32.0 Å². The molecule has 0 fully saturated rings. The standard InChI is InChI=1S/C25H25N2O/c1-14(2)19-11-23(27(6)17(5)16(19)4)20-12-25-21(9-15(20)3)22-10-18(13-26)7-8-24(22)28-25/h7-12,14H,1-6H3/q+1/i1D3,2D3,4D3,11D,14D. The molecule has 0 unspecified atom stereocenters. The number of nitriles is 1. The second-order valence-corrected chi connectivity index (χ2v) is 6.83. The number of hydrogen-bond donors (Lipinski definition) is 0. The molecule has 0 saturated heterocycles. The van der Waals surface area contributed by atoms with E-state index in [0.29, 0.717) is 38.6 Å². The van der Waals surface area contributed by atoms with E-state index in [1.165, 1.54) is 18.5 Å². The maximum atomic E-state index is 9.29. The van der Waals surface area contributed by atoms with Crippen LogP contribution in [0.5, 0.6) is 0 Å². The smallest absolute Gasteiger partial charge is 0.213 e. The van der Waals surface area contributed by atoms with Crippen molar-refractivity contribution in [3.05, 3.63) is 64.3 Å². The Bertz CT molecular complexity index is 1670. The van der Waals surface area contributed by atoms with Gasteiger partial charge in [0.2, 0.25) is 5.69 Å². The van der Waals surface area contributed by atoms with Crippen LogP contribution >= 0.6 is 0 Å². The van der Waals surface area contributed by atoms with E-state index in [1.54, 1.807) is 37.3 Å². The largest absolute Gasteiger partial charge is 0.456 e. The van der Waals surface area contributed by atoms with Gasteiger partial charge < -0.3 is 4.42 Å². The lowest BCUT2D eigenvalue weighted by atomic mass is 9.93. The first-order chi connectivity index (χ1) is 17.8. The van der Waals surface area contributed by atoms with E-state index in [9.17, 15) is 5.26 Å². The first kappa shape index (κ1) is 9.39. The van der Waals surface area contributed by atoms with E-state index in [2.05, 4.69) is 6.07 Å². The lowest BCUT2D eigenvalue weighted by Crippen LogP contribution is -2.36. The maximum Gasteiger partial charge on any atom is 0.213 e. The van der Waals surface area contributed by atoms with Crippen molar-refractivity contribution in [2.75, 3.05) is 0 Å². The third kappa shape index (κ3) is 2.68. The Morgan fingerprint density at radius 1 is 1.18 bits per heavy atom. The molecular weight excluding hydrogens is 344 g/mol. The molecule has 0 radical (unpaired) electrons. The Morgan fingerprint density at radius 3 is 2.68 bits per heavy atom. The highest BCUT2D eigenvalue weighted by Gasteiger charge is 2.22. The molecule has 4 rings (SSSR count). The van der Waals surface area contributed by atoms with Crippen LogP contribution in [0.25, 0.3) is 33.2 Å². The number of pyridine rings is 1. The van der Waals surface area contributed by atoms with Crippen molar-refractivity contribution in [2.45, 2.75) is 40.3 Å². The average molecular weight is 381 g/mol. The first-order valence-corrected chi connectivity index (χ1v) is 8.67. The minimum Gasteiger partial charge on any atom is -0.456 e. The van der Waals surface area contributed by atoms with Crippen LogP contribution < -0.4 is 4.57 Å². The summed E-state index contributed by atoms with van der Waals surface area (Å²) in [5.74, 6) is -3.40. The third-order valence-corrected chi connectivity index (χ3v) is 5.14. The van der Waals surface area contributed by atoms with E-state index in [1.807, 2.05) is 0 Å². The Hall–Kier alpha value is -3.12. The SMILES string of the molecule is [2H]c1c(C([2H])(C([2H])([2H])[2H])C([2H])([2H])[2H])c(C([2H])([2H])[2H])c(C)[n+](C)c1-c1cc2oc3ccc(C#N)cc3c2cc1C. The van der Waals surface area contributed by atoms with Gasteiger partial charge in [0.25, 0.3) is 0 Å². The Balaban J connectivity index is 2.18. The van der Waals surface area contributed by atoms with E-state index in [-0.39, 0.29) is 11.4 Å². The van der Waals surface area contributed by atoms with Crippen molar-refractivity contribution in [1.29, 1.82) is 5.26 Å². The molecule has 0 aliphatic carbocycles. The molecule has 0 amide bonds. The van der Waals surface area contributed by atoms with Crippen LogP contribution in [0.2, 0.25) is 0 Å². The van der Waals surface area contributed by atoms with Crippen LogP contribution in [0.3, 0.4) is 0 Å². The molecule has 0 bridgehead atoms. The number of rotatable bonds is 2. The normalized spacial score (nSPS) is 19.0. The van der Waals surface area contributed by atoms with Crippen LogP contribution in [0.4, 0.5) is 0 Å². The van der Waals surface area contributed by atoms with Crippen molar-refractivity contribution in [3.63, 3.8) is 0 Å². The van der Waals surface area contributed by atoms with E-state index in [0.717, 1.165) is 0 Å². The molecule has 0 atom stereocenters. The number of aromatic nitrogens is 1. The molecule has 4 aromatic rings. The molecule has 3 nitrogen and oxygen atoms in total. The number of hydrogen-bond acceptors (Lipinski definition) is 2. The molecule has 0 N–H and O–H groups in total. The summed E-state index contributed by atoms with van der Waals surface area (Å²) in [6, 6.07) is 9.74. The minimum absolute atomic E-state index is 0.00360. The quantitative estimate of drug-likeness (QED) is 0.400. The molecule has 140 valence electrons. The highest BCUT2D eigenvalue weighted by molar-refractivity contribution is 6.06. The molecule has 2 aromatic carbocycles. The van der Waals surface area contributed by atoms with Crippen molar-refractivity contribution in [2.24, 2.45) is 7.05 Å². The highest BCUT2D eigenvalue weighted by Crippen LogP contribution is 2.35. The van der Waals surface area contributed by atoms with Gasteiger partial charge >= 0.3 is 0 Å². The van der Waals surface area contributed by atoms with Gasteiger partial charge in [0, 0.05) is 43.0 Å². The van der Waals surface area contributed by atoms with Gasteiger partial charge in [0.05, 0.1) is 18.6 Å². The summed E-state index contributed by atoms with van der Waals surface area (Å²) in [5, 5.41) is 10.7. The van der Waals surface area contributed by atoms with Crippen LogP contribution in [0.1, 0.15) is 62.6 Å². The fourth-order valence-corrected chi connectivity index (χ4v) is 3.47. The summed E-state index contributed by atoms with van der Waals surface area (Å²) in [6.07, 6.45) is 0. The summed E-state index contributed by atoms with van der Waals surface area (Å²) in [4.78, 5) is 0. The minimum atomic E-state index is -3.49. The predicted molar refractivity (Wildman–Crippen MR) is 113 cm³/mol. The first-order valence-electron chi connectivity index (χ1n) is 14.2. The zero-order valence-electron chi connectivity index (χ0n) is 26.7. The van der Waals surface area contributed by atoms with Crippen molar-refractivity contribution in [3.8, 4) is 17.3 Å². The predicted octanol–water partition coefficient (Wildman–Crippen LogP) is 6.00. The Labute approximate surface area is 181 Å². The van der Waals surface area contributed by atoms with Gasteiger partial charge in [-0.05, 0) is 61.1 Å². The monoisotopic (exact) mass is 380 g/mol. The Kier molecular flexibility index (Phi) is 2.18. The summed E-state index contributed by atoms with van der Waals surface area (Å²) >= 11 is 0. The number of benzene rings is 2. The maximum absolute atomic E-state index is 9.29. The number of furan rings is 1. The van der Waals surface area contributed by atoms with E-state index < -0.39 is 43.6 Å². The molecule has 0 spiro atoms. The van der Waals surface area contributed by atoms with Crippen LogP contribution in [-0.2, 0) is 7.05 Å². The van der Waals surface area contributed by atoms with Gasteiger partial charge in [-0.3, -0.25) is 0 Å². The van der Waals surface area contributed by atoms with Gasteiger partial charge in [-0.1, -0.05) is 13.7 Å². The lowest BCUT2D eigenvalue weighted by molar-refractivity contribution is -0.667. The van der Waals surface area contributed by atoms with Crippen molar-refractivity contribution < 1.29 is 24.1 Å². The number of aryl methyl sites for hydroxylation is 1. The fourth-order valence-electron chi connectivity index (χ4n) is 3.47. The Morgan fingerprint density at radius 2 is 1.96 bits per heavy atom. The molecule has 0 aliphatic rings. The number of fused-ring (bicyclic) bond motifs is 3. The lowest BCUT2D eigenvalue weighted by Gasteiger charge is -2.14. The summed E-state index contributed by atoms with van der Waals surface area (Å²) in [6.45, 7) is -6.87. The molecule has 2 heterocycles. The van der Waals surface area contributed by atoms with Gasteiger partial charge in [0.15, 0.2) is 5.69 Å². The molecule has 2 aromatic heterocycles. The second-order valence-electron chi connectivity index (χ2n) is 6.83. The fraction of sp³-hybridized carbons (Fsp3) is 0.280. The van der Waals surface area contributed by atoms with Gasteiger partial charge in [-0.15, -0.1) is 0 Å². The van der Waals surface area contributed by atoms with E-state index in [4.69, 9.17) is 19.5 Å². The topological polar surface area (TPSA) is 40.8 Å². The van der Waals surface area contributed by atoms with Gasteiger partial charge in [-0.25, -0.2) is 0 Å². The zero-order chi connectivity index (χ0) is 29.5. The summed E-state index contributed by atoms with van der Waals surface area (Å²) < 4.78 is 97.5. The van der Waals surface area contributed by atoms with E-state index >= 15 is 0 Å². The van der Waals surface area contributed by atoms with Crippen molar-refractivity contribution in [1.82, 2.24) is 0 Å². The molecule has 28 heavy (non-hydrogen) atoms. The molecular formula is C25H25N2O+. The third-order valence-electron chi connectivity index (χ3n) is 5.14. The molecule has 0 saturated carbocycles.